The molecule has 1 aliphatic rings. The Morgan fingerprint density at radius 2 is 2.00 bits per heavy atom. The Labute approximate surface area is 105 Å². The van der Waals surface area contributed by atoms with E-state index in [1.54, 1.807) is 36.4 Å². The van der Waals surface area contributed by atoms with Crippen molar-refractivity contribution in [2.45, 2.75) is 18.9 Å². The molecule has 4 nitrogen and oxygen atoms in total. The molecule has 0 spiro atoms. The third-order valence-corrected chi connectivity index (χ3v) is 3.05. The molecule has 0 fully saturated rings. The van der Waals surface area contributed by atoms with Crippen molar-refractivity contribution in [1.82, 2.24) is 0 Å². The van der Waals surface area contributed by atoms with Gasteiger partial charge in [-0.2, -0.15) is 0 Å². The van der Waals surface area contributed by atoms with Gasteiger partial charge < -0.3 is 0 Å². The van der Waals surface area contributed by atoms with Gasteiger partial charge in [0.05, 0.1) is 6.42 Å². The number of carbonyl (C=O) groups excluding carboxylic acids is 1. The summed E-state index contributed by atoms with van der Waals surface area (Å²) in [6, 6.07) is 8.81. The molecule has 1 aliphatic carbocycles. The molecule has 0 heterocycles. The van der Waals surface area contributed by atoms with E-state index >= 15 is 0 Å². The van der Waals surface area contributed by atoms with Crippen molar-refractivity contribution >= 4 is 5.78 Å². The number of rotatable bonds is 3. The third kappa shape index (κ3) is 2.22. The average Bonchev–Trinajstić information content (AvgIpc) is 2.39. The van der Waals surface area contributed by atoms with E-state index in [0.29, 0.717) is 11.1 Å². The summed E-state index contributed by atoms with van der Waals surface area (Å²) in [5.74, 6) is -0.145. The number of hydrogen-bond donors (Lipinski definition) is 0. The van der Waals surface area contributed by atoms with Crippen LogP contribution in [0, 0.1) is 10.1 Å². The molecule has 0 aromatic heterocycles. The van der Waals surface area contributed by atoms with Crippen molar-refractivity contribution in [2.24, 2.45) is 0 Å². The molecule has 0 saturated heterocycles. The van der Waals surface area contributed by atoms with Crippen LogP contribution >= 0.6 is 0 Å². The first kappa shape index (κ1) is 12.2. The molecule has 1 atom stereocenters. The molecular formula is C14H13NO3. The van der Waals surface area contributed by atoms with Gasteiger partial charge in [0.15, 0.2) is 5.78 Å². The van der Waals surface area contributed by atoms with Crippen LogP contribution < -0.4 is 0 Å². The predicted molar refractivity (Wildman–Crippen MR) is 68.0 cm³/mol. The van der Waals surface area contributed by atoms with Crippen LogP contribution in [0.5, 0.6) is 0 Å². The summed E-state index contributed by atoms with van der Waals surface area (Å²) in [7, 11) is 0. The second-order valence-electron chi connectivity index (χ2n) is 4.54. The molecule has 1 unspecified atom stereocenters. The Kier molecular flexibility index (Phi) is 3.10. The maximum Gasteiger partial charge on any atom is 0.242 e. The Balaban J connectivity index is 2.26. The Morgan fingerprint density at radius 3 is 2.61 bits per heavy atom. The van der Waals surface area contributed by atoms with Crippen molar-refractivity contribution in [3.05, 3.63) is 69.8 Å². The van der Waals surface area contributed by atoms with E-state index in [-0.39, 0.29) is 17.1 Å². The summed E-state index contributed by atoms with van der Waals surface area (Å²) in [4.78, 5) is 22.8. The first-order chi connectivity index (χ1) is 8.53. The van der Waals surface area contributed by atoms with Gasteiger partial charge in [0, 0.05) is 23.0 Å². The van der Waals surface area contributed by atoms with Crippen LogP contribution in [0.25, 0.3) is 0 Å². The molecule has 0 N–H and O–H groups in total. The van der Waals surface area contributed by atoms with Gasteiger partial charge in [-0.25, -0.2) is 0 Å². The zero-order chi connectivity index (χ0) is 13.2. The lowest BCUT2D eigenvalue weighted by molar-refractivity contribution is -0.549. The largest absolute Gasteiger partial charge is 0.289 e. The molecule has 0 aliphatic heterocycles. The summed E-state index contributed by atoms with van der Waals surface area (Å²) >= 11 is 0. The highest BCUT2D eigenvalue weighted by molar-refractivity contribution is 6.09. The maximum atomic E-state index is 12.2. The van der Waals surface area contributed by atoms with E-state index < -0.39 is 5.54 Å². The molecule has 92 valence electrons. The molecular weight excluding hydrogens is 230 g/mol. The fourth-order valence-electron chi connectivity index (χ4n) is 1.93. The van der Waals surface area contributed by atoms with Crippen LogP contribution in [0.1, 0.15) is 23.7 Å². The lowest BCUT2D eigenvalue weighted by atomic mass is 9.85. The van der Waals surface area contributed by atoms with E-state index in [9.17, 15) is 14.9 Å². The highest BCUT2D eigenvalue weighted by Gasteiger charge is 2.38. The van der Waals surface area contributed by atoms with Crippen molar-refractivity contribution < 1.29 is 9.72 Å². The minimum Gasteiger partial charge on any atom is -0.289 e. The van der Waals surface area contributed by atoms with E-state index in [4.69, 9.17) is 0 Å². The Morgan fingerprint density at radius 1 is 1.33 bits per heavy atom. The highest BCUT2D eigenvalue weighted by Crippen LogP contribution is 2.27. The Bertz CT molecular complexity index is 545. The van der Waals surface area contributed by atoms with Crippen molar-refractivity contribution in [3.8, 4) is 0 Å². The highest BCUT2D eigenvalue weighted by atomic mass is 16.6. The average molecular weight is 243 g/mol. The quantitative estimate of drug-likeness (QED) is 0.466. The number of ketones is 1. The number of allylic oxidation sites excluding steroid dienone is 2. The van der Waals surface area contributed by atoms with E-state index in [2.05, 4.69) is 0 Å². The molecule has 2 rings (SSSR count). The standard InChI is InChI=1S/C14H13NO3/c1-14(15(17)18)9-5-8-12(10-14)13(16)11-6-3-2-4-7-11/h2-9H,10H2,1H3. The fraction of sp³-hybridized carbons (Fsp3) is 0.214. The number of Topliss-reactive ketones (excluding diaryl/α,β-unsaturated/α-hetero) is 1. The summed E-state index contributed by atoms with van der Waals surface area (Å²) in [5, 5.41) is 11.0. The van der Waals surface area contributed by atoms with Crippen LogP contribution in [0.4, 0.5) is 0 Å². The van der Waals surface area contributed by atoms with Crippen molar-refractivity contribution in [2.75, 3.05) is 0 Å². The summed E-state index contributed by atoms with van der Waals surface area (Å²) in [6.45, 7) is 1.52. The third-order valence-electron chi connectivity index (χ3n) is 3.05. The molecule has 18 heavy (non-hydrogen) atoms. The van der Waals surface area contributed by atoms with Gasteiger partial charge in [0.1, 0.15) is 0 Å². The SMILES string of the molecule is CC1([N+](=O)[O-])C=CC=C(C(=O)c2ccccc2)C1. The molecule has 0 saturated carbocycles. The van der Waals surface area contributed by atoms with Crippen molar-refractivity contribution in [3.63, 3.8) is 0 Å². The van der Waals surface area contributed by atoms with Gasteiger partial charge in [-0.05, 0) is 6.08 Å². The molecule has 1 aromatic carbocycles. The molecule has 1 aromatic rings. The van der Waals surface area contributed by atoms with Gasteiger partial charge in [0.25, 0.3) is 0 Å². The van der Waals surface area contributed by atoms with Gasteiger partial charge >= 0.3 is 0 Å². The van der Waals surface area contributed by atoms with Crippen LogP contribution in [0.2, 0.25) is 0 Å². The van der Waals surface area contributed by atoms with Crippen LogP contribution in [0.15, 0.2) is 54.1 Å². The first-order valence-electron chi connectivity index (χ1n) is 5.65. The van der Waals surface area contributed by atoms with Crippen LogP contribution in [-0.4, -0.2) is 16.2 Å². The molecule has 0 bridgehead atoms. The second kappa shape index (κ2) is 4.56. The number of benzene rings is 1. The lowest BCUT2D eigenvalue weighted by Gasteiger charge is -2.20. The second-order valence-corrected chi connectivity index (χ2v) is 4.54. The van der Waals surface area contributed by atoms with E-state index in [1.807, 2.05) is 6.07 Å². The summed E-state index contributed by atoms with van der Waals surface area (Å²) < 4.78 is 0. The van der Waals surface area contributed by atoms with E-state index in [0.717, 1.165) is 0 Å². The summed E-state index contributed by atoms with van der Waals surface area (Å²) in [5.41, 5.74) is -0.151. The van der Waals surface area contributed by atoms with Crippen molar-refractivity contribution in [1.29, 1.82) is 0 Å². The van der Waals surface area contributed by atoms with Gasteiger partial charge in [-0.15, -0.1) is 0 Å². The number of nitrogens with zero attached hydrogens (tertiary/aromatic N) is 1. The minimum atomic E-state index is -1.19. The normalized spacial score (nSPS) is 22.4. The number of carbonyl (C=O) groups is 1. The Hall–Kier alpha value is -2.23. The summed E-state index contributed by atoms with van der Waals surface area (Å²) in [6.07, 6.45) is 4.89. The van der Waals surface area contributed by atoms with Crippen LogP contribution in [0.3, 0.4) is 0 Å². The predicted octanol–water partition coefficient (Wildman–Crippen LogP) is 2.79. The monoisotopic (exact) mass is 243 g/mol. The smallest absolute Gasteiger partial charge is 0.242 e. The molecule has 4 heteroatoms. The lowest BCUT2D eigenvalue weighted by Crippen LogP contribution is -2.35. The zero-order valence-electron chi connectivity index (χ0n) is 10.00. The molecule has 0 amide bonds. The van der Waals surface area contributed by atoms with Gasteiger partial charge in [-0.1, -0.05) is 42.5 Å². The minimum absolute atomic E-state index is 0.129. The topological polar surface area (TPSA) is 60.2 Å². The maximum absolute atomic E-state index is 12.2. The zero-order valence-corrected chi connectivity index (χ0v) is 10.00. The number of nitro groups is 1. The molecule has 0 radical (unpaired) electrons. The number of hydrogen-bond acceptors (Lipinski definition) is 3. The van der Waals surface area contributed by atoms with Gasteiger partial charge in [-0.3, -0.25) is 14.9 Å². The van der Waals surface area contributed by atoms with Gasteiger partial charge in [0.2, 0.25) is 5.54 Å². The fourth-order valence-corrected chi connectivity index (χ4v) is 1.93. The first-order valence-corrected chi connectivity index (χ1v) is 5.65. The van der Waals surface area contributed by atoms with E-state index in [1.165, 1.54) is 13.0 Å². The van der Waals surface area contributed by atoms with Crippen LogP contribution in [-0.2, 0) is 0 Å².